The Hall–Kier alpha value is -1.81. The Labute approximate surface area is 219 Å². The van der Waals surface area contributed by atoms with Gasteiger partial charge in [0.2, 0.25) is 0 Å². The minimum atomic E-state index is 0.146. The number of nitrogens with zero attached hydrogens (tertiary/aromatic N) is 3. The van der Waals surface area contributed by atoms with Crippen molar-refractivity contribution in [3.63, 3.8) is 0 Å². The molecule has 1 atom stereocenters. The first kappa shape index (κ1) is 28.4. The lowest BCUT2D eigenvalue weighted by Crippen LogP contribution is -2.25. The van der Waals surface area contributed by atoms with E-state index >= 15 is 0 Å². The normalized spacial score (nSPS) is 15.4. The third-order valence-electron chi connectivity index (χ3n) is 4.43. The predicted octanol–water partition coefficient (Wildman–Crippen LogP) is 6.41. The van der Waals surface area contributed by atoms with Crippen molar-refractivity contribution in [2.24, 2.45) is 5.92 Å². The first-order valence-corrected chi connectivity index (χ1v) is 14.1. The largest absolute Gasteiger partial charge is 0.504 e. The molecule has 4 heterocycles. The molecule has 0 aromatic carbocycles. The monoisotopic (exact) mass is 539 g/mol. The van der Waals surface area contributed by atoms with Crippen molar-refractivity contribution < 1.29 is 10.2 Å². The Morgan fingerprint density at radius 3 is 2.59 bits per heavy atom. The molecule has 3 aromatic heterocycles. The van der Waals surface area contributed by atoms with E-state index in [-0.39, 0.29) is 18.4 Å². The summed E-state index contributed by atoms with van der Waals surface area (Å²) in [5.74, 6) is 2.33. The average molecular weight is 540 g/mol. The van der Waals surface area contributed by atoms with E-state index in [0.29, 0.717) is 23.9 Å². The number of hydrogen-bond acceptors (Lipinski definition) is 11. The van der Waals surface area contributed by atoms with Gasteiger partial charge in [-0.3, -0.25) is 0 Å². The Kier molecular flexibility index (Phi) is 12.2. The van der Waals surface area contributed by atoms with E-state index in [2.05, 4.69) is 76.4 Å². The van der Waals surface area contributed by atoms with Gasteiger partial charge in [0.15, 0.2) is 17.4 Å². The molecule has 0 saturated carbocycles. The molecule has 0 radical (unpaired) electrons. The van der Waals surface area contributed by atoms with E-state index in [1.165, 1.54) is 33.0 Å². The number of hydrogen-bond donors (Lipinski definition) is 4. The van der Waals surface area contributed by atoms with Crippen LogP contribution < -0.4 is 10.6 Å². The molecular weight excluding hydrogens is 507 g/mol. The fourth-order valence-corrected chi connectivity index (χ4v) is 6.46. The summed E-state index contributed by atoms with van der Waals surface area (Å²) in [7, 11) is 0. The Balaban J connectivity index is 0.000000618. The van der Waals surface area contributed by atoms with Crippen LogP contribution in [0.4, 0.5) is 17.3 Å². The van der Waals surface area contributed by atoms with Gasteiger partial charge in [0.1, 0.15) is 4.21 Å². The highest BCUT2D eigenvalue weighted by Crippen LogP contribution is 2.45. The number of anilines is 3. The van der Waals surface area contributed by atoms with E-state index in [0.717, 1.165) is 41.2 Å². The van der Waals surface area contributed by atoms with Gasteiger partial charge < -0.3 is 20.8 Å². The summed E-state index contributed by atoms with van der Waals surface area (Å²) in [6, 6.07) is 4.36. The smallest absolute Gasteiger partial charge is 0.188 e. The molecule has 0 aliphatic carbocycles. The van der Waals surface area contributed by atoms with Crippen LogP contribution in [0.1, 0.15) is 43.4 Å². The Morgan fingerprint density at radius 1 is 1.24 bits per heavy atom. The number of aliphatic hydroxyl groups excluding tert-OH is 1. The molecule has 1 aliphatic heterocycles. The fraction of sp³-hybridized carbons (Fsp3) is 0.478. The minimum Gasteiger partial charge on any atom is -0.504 e. The highest BCUT2D eigenvalue weighted by molar-refractivity contribution is 7.99. The number of rotatable bonds is 8. The van der Waals surface area contributed by atoms with E-state index < -0.39 is 0 Å². The molecule has 186 valence electrons. The zero-order chi connectivity index (χ0) is 25.1. The van der Waals surface area contributed by atoms with E-state index in [9.17, 15) is 10.2 Å². The number of aromatic nitrogens is 2. The van der Waals surface area contributed by atoms with Crippen molar-refractivity contribution >= 4 is 63.7 Å². The second-order valence-electron chi connectivity index (χ2n) is 8.18. The molecule has 0 bridgehead atoms. The third-order valence-corrected chi connectivity index (χ3v) is 8.31. The Bertz CT molecular complexity index is 1010. The maximum absolute atomic E-state index is 10.6. The minimum absolute atomic E-state index is 0.146. The van der Waals surface area contributed by atoms with Gasteiger partial charge in [-0.2, -0.15) is 8.75 Å². The SMILES string of the molecule is C#C.CC(C)C.Cc1ccc(CNc2nsnc2Nc2csc(SN3CCCC3CO)c2O)s1. The second-order valence-corrected chi connectivity index (χ2v) is 12.3. The zero-order valence-corrected chi connectivity index (χ0v) is 23.2. The lowest BCUT2D eigenvalue weighted by atomic mass is 10.2. The van der Waals surface area contributed by atoms with E-state index in [4.69, 9.17) is 0 Å². The second kappa shape index (κ2) is 14.6. The highest BCUT2D eigenvalue weighted by Gasteiger charge is 2.27. The summed E-state index contributed by atoms with van der Waals surface area (Å²) < 4.78 is 11.6. The van der Waals surface area contributed by atoms with Crippen molar-refractivity contribution in [2.75, 3.05) is 23.8 Å². The fourth-order valence-electron chi connectivity index (χ4n) is 2.97. The predicted molar refractivity (Wildman–Crippen MR) is 149 cm³/mol. The number of aryl methyl sites for hydroxylation is 1. The number of thiophene rings is 2. The first-order valence-electron chi connectivity index (χ1n) is 10.9. The summed E-state index contributed by atoms with van der Waals surface area (Å²) >= 11 is 5.87. The maximum atomic E-state index is 10.6. The summed E-state index contributed by atoms with van der Waals surface area (Å²) in [5.41, 5.74) is 0.620. The topological polar surface area (TPSA) is 93.5 Å². The molecule has 4 rings (SSSR count). The van der Waals surface area contributed by atoms with Crippen LogP contribution in [0.3, 0.4) is 0 Å². The van der Waals surface area contributed by atoms with Gasteiger partial charge in [-0.15, -0.1) is 35.5 Å². The molecule has 1 fully saturated rings. The molecule has 1 saturated heterocycles. The molecule has 0 amide bonds. The van der Waals surface area contributed by atoms with E-state index in [1.807, 2.05) is 5.38 Å². The molecular formula is C23H33N5O2S4. The van der Waals surface area contributed by atoms with Crippen LogP contribution in [0.15, 0.2) is 21.7 Å². The van der Waals surface area contributed by atoms with Crippen molar-refractivity contribution in [1.29, 1.82) is 0 Å². The number of aromatic hydroxyl groups is 1. The van der Waals surface area contributed by atoms with Gasteiger partial charge in [0.05, 0.1) is 30.6 Å². The summed E-state index contributed by atoms with van der Waals surface area (Å²) in [6.07, 6.45) is 10.1. The number of nitrogens with one attached hydrogen (secondary N) is 2. The molecule has 4 N–H and O–H groups in total. The molecule has 0 spiro atoms. The van der Waals surface area contributed by atoms with Crippen LogP contribution in [0.25, 0.3) is 0 Å². The lowest BCUT2D eigenvalue weighted by Gasteiger charge is -2.20. The summed E-state index contributed by atoms with van der Waals surface area (Å²) in [4.78, 5) is 2.51. The quantitative estimate of drug-likeness (QED) is 0.193. The van der Waals surface area contributed by atoms with Crippen LogP contribution >= 0.6 is 46.3 Å². The third kappa shape index (κ3) is 8.45. The molecule has 34 heavy (non-hydrogen) atoms. The van der Waals surface area contributed by atoms with Crippen molar-refractivity contribution in [1.82, 2.24) is 13.1 Å². The zero-order valence-electron chi connectivity index (χ0n) is 19.9. The molecule has 1 unspecified atom stereocenters. The standard InChI is InChI=1S/C17H21N5O2S4.C4H10.C2H2/c1-10-4-5-12(26-10)7-18-15-16(21-28-20-15)19-13-9-25-17(14(13)24)27-22-6-2-3-11(22)8-23;1-4(2)3;1-2/h4-5,9,11,23-24H,2-3,6-8H2,1H3,(H,18,20)(H,19,21);4H,1-3H3;1-2H. The molecule has 3 aromatic rings. The molecule has 1 aliphatic rings. The summed E-state index contributed by atoms with van der Waals surface area (Å²) in [5, 5.41) is 28.5. The average Bonchev–Trinajstić information content (AvgIpc) is 3.60. The maximum Gasteiger partial charge on any atom is 0.188 e. The van der Waals surface area contributed by atoms with Crippen molar-refractivity contribution in [2.45, 2.75) is 57.3 Å². The van der Waals surface area contributed by atoms with Crippen LogP contribution in [-0.2, 0) is 6.54 Å². The van der Waals surface area contributed by atoms with Crippen LogP contribution in [-0.4, -0.2) is 42.5 Å². The van der Waals surface area contributed by atoms with Crippen LogP contribution in [0.2, 0.25) is 0 Å². The van der Waals surface area contributed by atoms with Gasteiger partial charge in [0.25, 0.3) is 0 Å². The molecule has 7 nitrogen and oxygen atoms in total. The van der Waals surface area contributed by atoms with Crippen LogP contribution in [0, 0.1) is 25.7 Å². The first-order chi connectivity index (χ1) is 16.4. The van der Waals surface area contributed by atoms with Gasteiger partial charge in [0, 0.05) is 27.7 Å². The van der Waals surface area contributed by atoms with E-state index in [1.54, 1.807) is 11.3 Å². The summed E-state index contributed by atoms with van der Waals surface area (Å²) in [6.45, 7) is 10.3. The number of terminal acetylenes is 1. The Morgan fingerprint density at radius 2 is 1.94 bits per heavy atom. The van der Waals surface area contributed by atoms with Gasteiger partial charge in [-0.05, 0) is 49.8 Å². The van der Waals surface area contributed by atoms with Crippen molar-refractivity contribution in [3.05, 3.63) is 27.3 Å². The van der Waals surface area contributed by atoms with Gasteiger partial charge in [-0.25, -0.2) is 4.31 Å². The lowest BCUT2D eigenvalue weighted by molar-refractivity contribution is 0.221. The highest BCUT2D eigenvalue weighted by atomic mass is 32.2. The molecule has 11 heteroatoms. The van der Waals surface area contributed by atoms with Gasteiger partial charge in [-0.1, -0.05) is 20.8 Å². The number of aliphatic hydroxyl groups is 1. The van der Waals surface area contributed by atoms with Crippen LogP contribution in [0.5, 0.6) is 5.75 Å². The van der Waals surface area contributed by atoms with Gasteiger partial charge >= 0.3 is 0 Å². The van der Waals surface area contributed by atoms with Crippen molar-refractivity contribution in [3.8, 4) is 18.6 Å².